The van der Waals surface area contributed by atoms with E-state index in [1.165, 1.54) is 28.9 Å². The van der Waals surface area contributed by atoms with Crippen LogP contribution in [0.1, 0.15) is 22.6 Å². The summed E-state index contributed by atoms with van der Waals surface area (Å²) in [5.41, 5.74) is 0.427. The van der Waals surface area contributed by atoms with Crippen LogP contribution < -0.4 is 5.32 Å². The summed E-state index contributed by atoms with van der Waals surface area (Å²) in [4.78, 5) is 12.0. The summed E-state index contributed by atoms with van der Waals surface area (Å²) in [5.74, 6) is -0.907. The van der Waals surface area contributed by atoms with Gasteiger partial charge in [0, 0.05) is 18.5 Å². The fourth-order valence-electron chi connectivity index (χ4n) is 2.17. The number of carbonyl (C=O) groups is 1. The molecule has 3 aromatic rings. The first kappa shape index (κ1) is 15.8. The molecule has 0 aliphatic carbocycles. The Kier molecular flexibility index (Phi) is 4.32. The Morgan fingerprint density at radius 2 is 2.08 bits per heavy atom. The minimum Gasteiger partial charge on any atom is -0.304 e. The van der Waals surface area contributed by atoms with Crippen molar-refractivity contribution >= 4 is 11.7 Å². The first-order valence-corrected chi connectivity index (χ1v) is 6.94. The highest BCUT2D eigenvalue weighted by molar-refractivity contribution is 6.02. The van der Waals surface area contributed by atoms with Gasteiger partial charge in [-0.25, -0.2) is 4.39 Å². The molecule has 0 aliphatic rings. The van der Waals surface area contributed by atoms with E-state index in [1.807, 2.05) is 0 Å². The molecular formula is C15H12F3N5O. The van der Waals surface area contributed by atoms with Crippen molar-refractivity contribution in [3.63, 3.8) is 0 Å². The Balaban J connectivity index is 1.69. The fourth-order valence-corrected chi connectivity index (χ4v) is 2.17. The molecule has 2 heterocycles. The lowest BCUT2D eigenvalue weighted by Crippen LogP contribution is -2.18. The molecule has 0 fully saturated rings. The van der Waals surface area contributed by atoms with Crippen LogP contribution in [0.2, 0.25) is 0 Å². The lowest BCUT2D eigenvalue weighted by atomic mass is 10.2. The van der Waals surface area contributed by atoms with Crippen molar-refractivity contribution in [2.45, 2.75) is 13.1 Å². The van der Waals surface area contributed by atoms with Crippen LogP contribution in [0.15, 0.2) is 48.8 Å². The monoisotopic (exact) mass is 335 g/mol. The van der Waals surface area contributed by atoms with Gasteiger partial charge in [-0.1, -0.05) is 12.1 Å². The average Bonchev–Trinajstić information content (AvgIpc) is 3.16. The number of carbonyl (C=O) groups excluding carboxylic acids is 1. The number of benzene rings is 1. The van der Waals surface area contributed by atoms with Gasteiger partial charge in [0.05, 0.1) is 6.54 Å². The van der Waals surface area contributed by atoms with E-state index in [2.05, 4.69) is 15.5 Å². The zero-order chi connectivity index (χ0) is 17.1. The van der Waals surface area contributed by atoms with Crippen LogP contribution in [0.4, 0.5) is 19.0 Å². The third kappa shape index (κ3) is 3.45. The van der Waals surface area contributed by atoms with Crippen LogP contribution >= 0.6 is 0 Å². The van der Waals surface area contributed by atoms with Gasteiger partial charge in [0.2, 0.25) is 0 Å². The summed E-state index contributed by atoms with van der Waals surface area (Å²) in [5, 5.41) is 9.92. The van der Waals surface area contributed by atoms with Gasteiger partial charge in [0.15, 0.2) is 5.82 Å². The molecule has 0 saturated carbocycles. The predicted octanol–water partition coefficient (Wildman–Crippen LogP) is 2.91. The van der Waals surface area contributed by atoms with Gasteiger partial charge < -0.3 is 5.32 Å². The van der Waals surface area contributed by atoms with Crippen LogP contribution in [-0.4, -0.2) is 25.5 Å². The lowest BCUT2D eigenvalue weighted by molar-refractivity contribution is 0.0520. The Morgan fingerprint density at radius 1 is 1.25 bits per heavy atom. The summed E-state index contributed by atoms with van der Waals surface area (Å²) in [7, 11) is 0. The molecule has 2 aromatic heterocycles. The molecule has 0 unspecified atom stereocenters. The molecule has 0 aliphatic heterocycles. The molecule has 1 aromatic carbocycles. The molecule has 1 amide bonds. The lowest BCUT2D eigenvalue weighted by Gasteiger charge is -2.05. The van der Waals surface area contributed by atoms with Crippen molar-refractivity contribution < 1.29 is 18.0 Å². The fraction of sp³-hybridized carbons (Fsp3) is 0.133. The minimum absolute atomic E-state index is 0.193. The molecule has 0 spiro atoms. The van der Waals surface area contributed by atoms with Crippen molar-refractivity contribution in [3.8, 4) is 0 Å². The Bertz CT molecular complexity index is 858. The third-order valence-electron chi connectivity index (χ3n) is 3.20. The highest BCUT2D eigenvalue weighted by Crippen LogP contribution is 2.14. The number of alkyl halides is 2. The minimum atomic E-state index is -2.91. The van der Waals surface area contributed by atoms with Gasteiger partial charge in [-0.15, -0.1) is 0 Å². The molecule has 9 heteroatoms. The number of halogens is 3. The van der Waals surface area contributed by atoms with E-state index in [9.17, 15) is 18.0 Å². The number of aromatic nitrogens is 4. The molecule has 1 N–H and O–H groups in total. The Hall–Kier alpha value is -3.10. The summed E-state index contributed by atoms with van der Waals surface area (Å²) < 4.78 is 40.4. The Labute approximate surface area is 134 Å². The van der Waals surface area contributed by atoms with Gasteiger partial charge in [-0.2, -0.15) is 23.7 Å². The summed E-state index contributed by atoms with van der Waals surface area (Å²) in [6, 6.07) is 8.74. The molecule has 124 valence electrons. The molecule has 0 saturated heterocycles. The molecule has 0 bridgehead atoms. The van der Waals surface area contributed by atoms with Crippen LogP contribution in [-0.2, 0) is 6.54 Å². The van der Waals surface area contributed by atoms with E-state index < -0.39 is 12.5 Å². The number of hydrogen-bond acceptors (Lipinski definition) is 3. The summed E-state index contributed by atoms with van der Waals surface area (Å²) >= 11 is 0. The van der Waals surface area contributed by atoms with E-state index in [1.54, 1.807) is 18.3 Å². The number of amides is 1. The van der Waals surface area contributed by atoms with Crippen molar-refractivity contribution in [3.05, 3.63) is 65.9 Å². The first-order chi connectivity index (χ1) is 11.5. The van der Waals surface area contributed by atoms with E-state index in [4.69, 9.17) is 0 Å². The van der Waals surface area contributed by atoms with E-state index in [-0.39, 0.29) is 17.3 Å². The van der Waals surface area contributed by atoms with E-state index >= 15 is 0 Å². The summed E-state index contributed by atoms with van der Waals surface area (Å²) in [6.45, 7) is -2.60. The molecule has 3 rings (SSSR count). The number of anilines is 1. The van der Waals surface area contributed by atoms with Crippen LogP contribution in [0.5, 0.6) is 0 Å². The van der Waals surface area contributed by atoms with Gasteiger partial charge in [0.25, 0.3) is 5.91 Å². The number of nitrogens with one attached hydrogen (secondary N) is 1. The number of nitrogens with zero attached hydrogens (tertiary/aromatic N) is 4. The maximum absolute atomic E-state index is 13.2. The highest BCUT2D eigenvalue weighted by Gasteiger charge is 2.18. The van der Waals surface area contributed by atoms with Gasteiger partial charge in [0.1, 0.15) is 11.5 Å². The van der Waals surface area contributed by atoms with Crippen LogP contribution in [0.3, 0.4) is 0 Å². The van der Waals surface area contributed by atoms with Crippen molar-refractivity contribution in [1.29, 1.82) is 0 Å². The SMILES string of the molecule is O=C(Nc1ccn(Cc2cccc(F)c2)n1)c1ccnn1C(F)F. The van der Waals surface area contributed by atoms with Gasteiger partial charge >= 0.3 is 6.55 Å². The predicted molar refractivity (Wildman–Crippen MR) is 79.2 cm³/mol. The Morgan fingerprint density at radius 3 is 2.83 bits per heavy atom. The largest absolute Gasteiger partial charge is 0.333 e. The van der Waals surface area contributed by atoms with E-state index in [0.717, 1.165) is 6.20 Å². The third-order valence-corrected chi connectivity index (χ3v) is 3.20. The smallest absolute Gasteiger partial charge is 0.304 e. The maximum atomic E-state index is 13.2. The molecule has 0 atom stereocenters. The zero-order valence-corrected chi connectivity index (χ0v) is 12.2. The number of rotatable bonds is 5. The van der Waals surface area contributed by atoms with Crippen molar-refractivity contribution in [2.75, 3.05) is 5.32 Å². The topological polar surface area (TPSA) is 64.7 Å². The average molecular weight is 335 g/mol. The van der Waals surface area contributed by atoms with Crippen molar-refractivity contribution in [2.24, 2.45) is 0 Å². The maximum Gasteiger partial charge on any atom is 0.333 e. The van der Waals surface area contributed by atoms with Gasteiger partial charge in [-0.05, 0) is 23.8 Å². The second-order valence-corrected chi connectivity index (χ2v) is 4.92. The zero-order valence-electron chi connectivity index (χ0n) is 12.2. The normalized spacial score (nSPS) is 11.0. The molecule has 6 nitrogen and oxygen atoms in total. The molecule has 0 radical (unpaired) electrons. The molecular weight excluding hydrogens is 323 g/mol. The van der Waals surface area contributed by atoms with Crippen molar-refractivity contribution in [1.82, 2.24) is 19.6 Å². The van der Waals surface area contributed by atoms with Gasteiger partial charge in [-0.3, -0.25) is 9.48 Å². The first-order valence-electron chi connectivity index (χ1n) is 6.94. The standard InChI is InChI=1S/C15H12F3N5O/c16-11-3-1-2-10(8-11)9-22-7-5-13(21-22)20-14(24)12-4-6-19-23(12)15(17)18/h1-8,15H,9H2,(H,20,21,24). The second-order valence-electron chi connectivity index (χ2n) is 4.92. The highest BCUT2D eigenvalue weighted by atomic mass is 19.3. The van der Waals surface area contributed by atoms with Crippen LogP contribution in [0, 0.1) is 5.82 Å². The summed E-state index contributed by atoms with van der Waals surface area (Å²) in [6.07, 6.45) is 2.70. The number of hydrogen-bond donors (Lipinski definition) is 1. The quantitative estimate of drug-likeness (QED) is 0.780. The second kappa shape index (κ2) is 6.57. The van der Waals surface area contributed by atoms with E-state index in [0.29, 0.717) is 16.8 Å². The molecule has 24 heavy (non-hydrogen) atoms. The van der Waals surface area contributed by atoms with Crippen LogP contribution in [0.25, 0.3) is 0 Å².